The average molecular weight is 427 g/mol. The molecule has 8 unspecified atom stereocenters. The van der Waals surface area contributed by atoms with Crippen molar-refractivity contribution in [2.24, 2.45) is 50.7 Å². The van der Waals surface area contributed by atoms with Crippen LogP contribution < -0.4 is 0 Å². The van der Waals surface area contributed by atoms with Crippen LogP contribution in [0.4, 0.5) is 0 Å². The molecule has 8 atom stereocenters. The Morgan fingerprint density at radius 1 is 0.710 bits per heavy atom. The van der Waals surface area contributed by atoms with Crippen molar-refractivity contribution < 1.29 is 5.11 Å². The Labute approximate surface area is 192 Å². The minimum absolute atomic E-state index is 0.0235. The summed E-state index contributed by atoms with van der Waals surface area (Å²) in [5.74, 6) is 3.49. The third-order valence-electron chi connectivity index (χ3n) is 13.2. The van der Waals surface area contributed by atoms with Gasteiger partial charge in [-0.25, -0.2) is 0 Å². The van der Waals surface area contributed by atoms with Gasteiger partial charge in [-0.1, -0.05) is 66.5 Å². The first-order valence-corrected chi connectivity index (χ1v) is 13.7. The molecule has 0 aliphatic heterocycles. The SMILES string of the molecule is CC(C)C1CCC2C1(C)CCC1(C)C3CCC4=C(CCC(O)C4(C)C)C3(C)CCC21C. The van der Waals surface area contributed by atoms with Crippen molar-refractivity contribution in [2.45, 2.75) is 126 Å². The van der Waals surface area contributed by atoms with Crippen molar-refractivity contribution in [1.29, 1.82) is 0 Å². The number of hydrogen-bond acceptors (Lipinski definition) is 1. The normalized spacial score (nSPS) is 53.6. The largest absolute Gasteiger partial charge is 0.392 e. The fourth-order valence-corrected chi connectivity index (χ4v) is 11.2. The van der Waals surface area contributed by atoms with Crippen LogP contribution in [0.15, 0.2) is 11.1 Å². The number of hydrogen-bond donors (Lipinski definition) is 1. The van der Waals surface area contributed by atoms with E-state index in [0.29, 0.717) is 21.7 Å². The van der Waals surface area contributed by atoms with Crippen molar-refractivity contribution in [2.75, 3.05) is 0 Å². The van der Waals surface area contributed by atoms with Gasteiger partial charge in [-0.15, -0.1) is 0 Å². The van der Waals surface area contributed by atoms with E-state index in [-0.39, 0.29) is 11.5 Å². The van der Waals surface area contributed by atoms with Gasteiger partial charge in [0.25, 0.3) is 0 Å². The minimum Gasteiger partial charge on any atom is -0.392 e. The second kappa shape index (κ2) is 6.64. The van der Waals surface area contributed by atoms with Gasteiger partial charge < -0.3 is 5.11 Å². The predicted octanol–water partition coefficient (Wildman–Crippen LogP) is 8.17. The predicted molar refractivity (Wildman–Crippen MR) is 131 cm³/mol. The Balaban J connectivity index is 1.56. The molecule has 1 N–H and O–H groups in total. The summed E-state index contributed by atoms with van der Waals surface area (Å²) in [6.45, 7) is 20.5. The summed E-state index contributed by atoms with van der Waals surface area (Å²) < 4.78 is 0. The van der Waals surface area contributed by atoms with Crippen molar-refractivity contribution in [3.05, 3.63) is 11.1 Å². The third kappa shape index (κ3) is 2.60. The Kier molecular flexibility index (Phi) is 4.82. The molecule has 0 spiro atoms. The van der Waals surface area contributed by atoms with Gasteiger partial charge in [-0.2, -0.15) is 0 Å². The van der Waals surface area contributed by atoms with E-state index in [1.54, 1.807) is 11.1 Å². The molecule has 0 amide bonds. The molecule has 1 heteroatoms. The molecule has 0 bridgehead atoms. The molecule has 3 fully saturated rings. The summed E-state index contributed by atoms with van der Waals surface area (Å²) in [4.78, 5) is 0. The number of aliphatic hydroxyl groups is 1. The van der Waals surface area contributed by atoms with E-state index in [0.717, 1.165) is 36.5 Å². The van der Waals surface area contributed by atoms with Crippen LogP contribution in [0.3, 0.4) is 0 Å². The lowest BCUT2D eigenvalue weighted by molar-refractivity contribution is -0.198. The maximum Gasteiger partial charge on any atom is 0.0631 e. The van der Waals surface area contributed by atoms with Crippen LogP contribution in [0.2, 0.25) is 0 Å². The van der Waals surface area contributed by atoms with Gasteiger partial charge in [0.15, 0.2) is 0 Å². The Morgan fingerprint density at radius 2 is 1.32 bits per heavy atom. The quantitative estimate of drug-likeness (QED) is 0.419. The molecule has 0 heterocycles. The maximum absolute atomic E-state index is 10.8. The summed E-state index contributed by atoms with van der Waals surface area (Å²) in [6.07, 6.45) is 13.2. The first kappa shape index (κ1) is 22.5. The first-order chi connectivity index (χ1) is 14.3. The van der Waals surface area contributed by atoms with Crippen LogP contribution in [-0.2, 0) is 0 Å². The summed E-state index contributed by atoms with van der Waals surface area (Å²) >= 11 is 0. The smallest absolute Gasteiger partial charge is 0.0631 e. The van der Waals surface area contributed by atoms with E-state index in [9.17, 15) is 5.11 Å². The lowest BCUT2D eigenvalue weighted by Crippen LogP contribution is -2.63. The van der Waals surface area contributed by atoms with Crippen LogP contribution in [-0.4, -0.2) is 11.2 Å². The molecule has 1 nitrogen and oxygen atoms in total. The molecular weight excluding hydrogens is 376 g/mol. The van der Waals surface area contributed by atoms with Crippen molar-refractivity contribution in [3.8, 4) is 0 Å². The molecule has 0 radical (unpaired) electrons. The van der Waals surface area contributed by atoms with Gasteiger partial charge >= 0.3 is 0 Å². The van der Waals surface area contributed by atoms with E-state index >= 15 is 0 Å². The van der Waals surface area contributed by atoms with Crippen LogP contribution >= 0.6 is 0 Å². The summed E-state index contributed by atoms with van der Waals surface area (Å²) in [5, 5.41) is 10.8. The second-order valence-electron chi connectivity index (χ2n) is 14.6. The zero-order valence-electron chi connectivity index (χ0n) is 21.9. The number of aliphatic hydroxyl groups excluding tert-OH is 1. The fourth-order valence-electron chi connectivity index (χ4n) is 11.2. The summed E-state index contributed by atoms with van der Waals surface area (Å²) in [5.41, 5.74) is 5.31. The van der Waals surface area contributed by atoms with E-state index in [1.807, 2.05) is 0 Å². The first-order valence-electron chi connectivity index (χ1n) is 13.7. The molecule has 176 valence electrons. The molecule has 5 aliphatic carbocycles. The van der Waals surface area contributed by atoms with Gasteiger partial charge in [-0.3, -0.25) is 0 Å². The highest BCUT2D eigenvalue weighted by Crippen LogP contribution is 2.77. The van der Waals surface area contributed by atoms with Crippen LogP contribution in [0, 0.1) is 50.7 Å². The standard InChI is InChI=1S/C30H50O/c1-19(2)20-9-12-23-27(20,5)15-17-30(8)24-13-10-21-22(11-14-25(31)26(21,3)4)28(24,6)16-18-29(23,30)7/h19-20,23-25,31H,9-18H2,1-8H3. The fraction of sp³-hybridized carbons (Fsp3) is 0.933. The van der Waals surface area contributed by atoms with Crippen molar-refractivity contribution in [3.63, 3.8) is 0 Å². The van der Waals surface area contributed by atoms with Gasteiger partial charge in [0.1, 0.15) is 0 Å². The lowest BCUT2D eigenvalue weighted by atomic mass is 9.34. The van der Waals surface area contributed by atoms with Crippen LogP contribution in [0.1, 0.15) is 120 Å². The molecular formula is C30H50O. The second-order valence-corrected chi connectivity index (χ2v) is 14.6. The van der Waals surface area contributed by atoms with Gasteiger partial charge in [0.05, 0.1) is 6.10 Å². The monoisotopic (exact) mass is 426 g/mol. The topological polar surface area (TPSA) is 20.2 Å². The number of rotatable bonds is 1. The van der Waals surface area contributed by atoms with Crippen LogP contribution in [0.5, 0.6) is 0 Å². The number of fused-ring (bicyclic) bond motifs is 6. The molecule has 0 aromatic rings. The van der Waals surface area contributed by atoms with E-state index in [2.05, 4.69) is 55.4 Å². The molecule has 31 heavy (non-hydrogen) atoms. The van der Waals surface area contributed by atoms with Gasteiger partial charge in [0, 0.05) is 5.41 Å². The van der Waals surface area contributed by atoms with E-state index in [1.165, 1.54) is 51.4 Å². The Morgan fingerprint density at radius 3 is 2.00 bits per heavy atom. The van der Waals surface area contributed by atoms with E-state index < -0.39 is 0 Å². The van der Waals surface area contributed by atoms with Crippen molar-refractivity contribution >= 4 is 0 Å². The average Bonchev–Trinajstić information content (AvgIpc) is 3.05. The third-order valence-corrected chi connectivity index (χ3v) is 13.2. The molecule has 5 aliphatic rings. The minimum atomic E-state index is -0.155. The highest BCUT2D eigenvalue weighted by Gasteiger charge is 2.69. The van der Waals surface area contributed by atoms with Gasteiger partial charge in [0.2, 0.25) is 0 Å². The van der Waals surface area contributed by atoms with Crippen molar-refractivity contribution in [1.82, 2.24) is 0 Å². The Bertz CT molecular complexity index is 790. The zero-order chi connectivity index (χ0) is 22.6. The maximum atomic E-state index is 10.8. The highest BCUT2D eigenvalue weighted by molar-refractivity contribution is 5.36. The summed E-state index contributed by atoms with van der Waals surface area (Å²) in [7, 11) is 0. The zero-order valence-corrected chi connectivity index (χ0v) is 21.9. The molecule has 0 saturated heterocycles. The molecule has 0 aromatic heterocycles. The highest BCUT2D eigenvalue weighted by atomic mass is 16.3. The van der Waals surface area contributed by atoms with Gasteiger partial charge in [-0.05, 0) is 110 Å². The number of allylic oxidation sites excluding steroid dienone is 1. The summed E-state index contributed by atoms with van der Waals surface area (Å²) in [6, 6.07) is 0. The molecule has 5 rings (SSSR count). The molecule has 0 aromatic carbocycles. The Hall–Kier alpha value is -0.300. The molecule has 3 saturated carbocycles. The lowest BCUT2D eigenvalue weighted by Gasteiger charge is -2.71. The van der Waals surface area contributed by atoms with E-state index in [4.69, 9.17) is 0 Å². The van der Waals surface area contributed by atoms with Crippen LogP contribution in [0.25, 0.3) is 0 Å².